The Morgan fingerprint density at radius 3 is 2.55 bits per heavy atom. The van der Waals surface area contributed by atoms with Crippen molar-refractivity contribution in [3.05, 3.63) is 65.2 Å². The van der Waals surface area contributed by atoms with Crippen molar-refractivity contribution in [3.8, 4) is 5.75 Å². The van der Waals surface area contributed by atoms with Gasteiger partial charge in [0.2, 0.25) is 0 Å². The van der Waals surface area contributed by atoms with Gasteiger partial charge in [-0.2, -0.15) is 0 Å². The lowest BCUT2D eigenvalue weighted by atomic mass is 9.86. The summed E-state index contributed by atoms with van der Waals surface area (Å²) in [5, 5.41) is 0. The summed E-state index contributed by atoms with van der Waals surface area (Å²) in [5.74, 6) is -0.301. The first kappa shape index (κ1) is 14.5. The minimum absolute atomic E-state index is 0.178. The lowest BCUT2D eigenvalue weighted by Gasteiger charge is -2.27. The van der Waals surface area contributed by atoms with Crippen molar-refractivity contribution >= 4 is 0 Å². The summed E-state index contributed by atoms with van der Waals surface area (Å²) in [4.78, 5) is 0. The highest BCUT2D eigenvalue weighted by molar-refractivity contribution is 5.40. The van der Waals surface area contributed by atoms with Crippen LogP contribution in [0.4, 0.5) is 8.78 Å². The predicted molar refractivity (Wildman–Crippen MR) is 74.6 cm³/mol. The number of rotatable bonds is 4. The van der Waals surface area contributed by atoms with Crippen molar-refractivity contribution in [3.63, 3.8) is 0 Å². The Labute approximate surface area is 117 Å². The second-order valence-corrected chi connectivity index (χ2v) is 5.03. The van der Waals surface area contributed by atoms with Crippen LogP contribution in [0, 0.1) is 11.6 Å². The molecular formula is C16H17F2NO. The summed E-state index contributed by atoms with van der Waals surface area (Å²) in [6, 6.07) is 10.7. The molecule has 0 bridgehead atoms. The van der Waals surface area contributed by atoms with Gasteiger partial charge in [-0.05, 0) is 43.2 Å². The zero-order valence-electron chi connectivity index (χ0n) is 11.5. The van der Waals surface area contributed by atoms with Gasteiger partial charge in [-0.3, -0.25) is 0 Å². The summed E-state index contributed by atoms with van der Waals surface area (Å²) in [6.07, 6.45) is 0.178. The van der Waals surface area contributed by atoms with Crippen molar-refractivity contribution < 1.29 is 13.5 Å². The van der Waals surface area contributed by atoms with Gasteiger partial charge in [-0.15, -0.1) is 0 Å². The van der Waals surface area contributed by atoms with Gasteiger partial charge < -0.3 is 10.5 Å². The van der Waals surface area contributed by atoms with E-state index in [0.29, 0.717) is 5.75 Å². The normalized spacial score (nSPS) is 13.8. The zero-order valence-corrected chi connectivity index (χ0v) is 11.5. The quantitative estimate of drug-likeness (QED) is 0.929. The molecule has 0 aliphatic heterocycles. The molecule has 2 N–H and O–H groups in total. The van der Waals surface area contributed by atoms with Crippen LogP contribution in [-0.2, 0) is 12.0 Å². The van der Waals surface area contributed by atoms with Crippen LogP contribution in [0.1, 0.15) is 18.1 Å². The van der Waals surface area contributed by atoms with Crippen LogP contribution in [0.15, 0.2) is 42.5 Å². The van der Waals surface area contributed by atoms with E-state index >= 15 is 0 Å². The SMILES string of the molecule is COc1ccccc1C(C)(N)Cc1cc(F)ccc1F. The zero-order chi connectivity index (χ0) is 14.8. The second kappa shape index (κ2) is 5.59. The van der Waals surface area contributed by atoms with Crippen molar-refractivity contribution in [1.82, 2.24) is 0 Å². The molecule has 2 rings (SSSR count). The number of halogens is 2. The summed E-state index contributed by atoms with van der Waals surface area (Å²) < 4.78 is 32.3. The van der Waals surface area contributed by atoms with E-state index in [1.165, 1.54) is 6.07 Å². The van der Waals surface area contributed by atoms with Gasteiger partial charge in [0.25, 0.3) is 0 Å². The first-order valence-corrected chi connectivity index (χ1v) is 6.30. The van der Waals surface area contributed by atoms with Crippen LogP contribution in [-0.4, -0.2) is 7.11 Å². The fourth-order valence-corrected chi connectivity index (χ4v) is 2.29. The van der Waals surface area contributed by atoms with Gasteiger partial charge in [0.05, 0.1) is 7.11 Å². The number of ether oxygens (including phenoxy) is 1. The van der Waals surface area contributed by atoms with Gasteiger partial charge in [0.15, 0.2) is 0 Å². The average molecular weight is 277 g/mol. The van der Waals surface area contributed by atoms with E-state index in [1.54, 1.807) is 20.1 Å². The Bertz CT molecular complexity index is 611. The molecule has 2 aromatic rings. The number of nitrogens with two attached hydrogens (primary N) is 1. The van der Waals surface area contributed by atoms with E-state index in [9.17, 15) is 8.78 Å². The Balaban J connectivity index is 2.37. The maximum atomic E-state index is 13.7. The molecule has 2 nitrogen and oxygen atoms in total. The molecule has 1 unspecified atom stereocenters. The lowest BCUT2D eigenvalue weighted by molar-refractivity contribution is 0.384. The highest BCUT2D eigenvalue weighted by Gasteiger charge is 2.26. The van der Waals surface area contributed by atoms with Crippen molar-refractivity contribution in [2.45, 2.75) is 18.9 Å². The van der Waals surface area contributed by atoms with Crippen LogP contribution < -0.4 is 10.5 Å². The Morgan fingerprint density at radius 1 is 1.15 bits per heavy atom. The summed E-state index contributed by atoms with van der Waals surface area (Å²) in [5.41, 5.74) is 6.44. The highest BCUT2D eigenvalue weighted by Crippen LogP contribution is 2.31. The number of hydrogen-bond donors (Lipinski definition) is 1. The van der Waals surface area contributed by atoms with Crippen molar-refractivity contribution in [2.75, 3.05) is 7.11 Å². The average Bonchev–Trinajstić information content (AvgIpc) is 2.42. The van der Waals surface area contributed by atoms with Crippen molar-refractivity contribution in [2.24, 2.45) is 5.73 Å². The molecular weight excluding hydrogens is 260 g/mol. The van der Waals surface area contributed by atoms with E-state index in [2.05, 4.69) is 0 Å². The van der Waals surface area contributed by atoms with E-state index in [4.69, 9.17) is 10.5 Å². The largest absolute Gasteiger partial charge is 0.496 e. The van der Waals surface area contributed by atoms with Gasteiger partial charge in [0.1, 0.15) is 17.4 Å². The molecule has 0 aliphatic rings. The van der Waals surface area contributed by atoms with E-state index in [-0.39, 0.29) is 12.0 Å². The van der Waals surface area contributed by atoms with Crippen LogP contribution in [0.25, 0.3) is 0 Å². The third-order valence-corrected chi connectivity index (χ3v) is 3.29. The Morgan fingerprint density at radius 2 is 1.85 bits per heavy atom. The molecule has 1 atom stereocenters. The lowest BCUT2D eigenvalue weighted by Crippen LogP contribution is -2.36. The summed E-state index contributed by atoms with van der Waals surface area (Å²) in [7, 11) is 1.55. The number of benzene rings is 2. The fourth-order valence-electron chi connectivity index (χ4n) is 2.29. The third kappa shape index (κ3) is 2.96. The Hall–Kier alpha value is -1.94. The smallest absolute Gasteiger partial charge is 0.126 e. The topological polar surface area (TPSA) is 35.2 Å². The van der Waals surface area contributed by atoms with Gasteiger partial charge in [-0.1, -0.05) is 18.2 Å². The van der Waals surface area contributed by atoms with Gasteiger partial charge in [0, 0.05) is 11.1 Å². The van der Waals surface area contributed by atoms with Crippen LogP contribution in [0.5, 0.6) is 5.75 Å². The molecule has 0 heterocycles. The van der Waals surface area contributed by atoms with E-state index in [0.717, 1.165) is 17.7 Å². The molecule has 106 valence electrons. The minimum Gasteiger partial charge on any atom is -0.496 e. The molecule has 0 amide bonds. The summed E-state index contributed by atoms with van der Waals surface area (Å²) >= 11 is 0. The first-order valence-electron chi connectivity index (χ1n) is 6.30. The van der Waals surface area contributed by atoms with Gasteiger partial charge >= 0.3 is 0 Å². The number of hydrogen-bond acceptors (Lipinski definition) is 2. The monoisotopic (exact) mass is 277 g/mol. The van der Waals surface area contributed by atoms with Crippen molar-refractivity contribution in [1.29, 1.82) is 0 Å². The Kier molecular flexibility index (Phi) is 4.04. The van der Waals surface area contributed by atoms with E-state index in [1.807, 2.05) is 18.2 Å². The molecule has 0 saturated heterocycles. The fraction of sp³-hybridized carbons (Fsp3) is 0.250. The maximum absolute atomic E-state index is 13.7. The third-order valence-electron chi connectivity index (χ3n) is 3.29. The standard InChI is InChI=1S/C16H17F2NO/c1-16(19,13-5-3-4-6-15(13)20-2)10-11-9-12(17)7-8-14(11)18/h3-9H,10,19H2,1-2H3. The molecule has 0 aromatic heterocycles. The first-order chi connectivity index (χ1) is 9.44. The van der Waals surface area contributed by atoms with Gasteiger partial charge in [-0.25, -0.2) is 8.78 Å². The van der Waals surface area contributed by atoms with Crippen LogP contribution >= 0.6 is 0 Å². The molecule has 20 heavy (non-hydrogen) atoms. The molecule has 0 saturated carbocycles. The number of para-hydroxylation sites is 1. The molecule has 0 fully saturated rings. The van der Waals surface area contributed by atoms with Crippen LogP contribution in [0.2, 0.25) is 0 Å². The second-order valence-electron chi connectivity index (χ2n) is 5.03. The predicted octanol–water partition coefficient (Wildman–Crippen LogP) is 3.39. The molecule has 0 spiro atoms. The molecule has 0 aliphatic carbocycles. The maximum Gasteiger partial charge on any atom is 0.126 e. The minimum atomic E-state index is -0.860. The number of methoxy groups -OCH3 is 1. The van der Waals surface area contributed by atoms with E-state index < -0.39 is 17.2 Å². The molecule has 0 radical (unpaired) electrons. The molecule has 4 heteroatoms. The highest BCUT2D eigenvalue weighted by atomic mass is 19.1. The van der Waals surface area contributed by atoms with Crippen LogP contribution in [0.3, 0.4) is 0 Å². The summed E-state index contributed by atoms with van der Waals surface area (Å²) in [6.45, 7) is 1.77. The molecule has 2 aromatic carbocycles.